The molecule has 2 atom stereocenters. The first kappa shape index (κ1) is 18.3. The zero-order chi connectivity index (χ0) is 18.8. The van der Waals surface area contributed by atoms with Crippen molar-refractivity contribution in [2.45, 2.75) is 19.0 Å². The lowest BCUT2D eigenvalue weighted by atomic mass is 10.2. The van der Waals surface area contributed by atoms with Crippen molar-refractivity contribution in [3.05, 3.63) is 58.1 Å². The Kier molecular flexibility index (Phi) is 5.22. The second-order valence-electron chi connectivity index (χ2n) is 5.76. The molecule has 1 aliphatic rings. The first-order chi connectivity index (χ1) is 12.4. The minimum atomic E-state index is -0.711. The summed E-state index contributed by atoms with van der Waals surface area (Å²) in [5.41, 5.74) is 9.61. The number of nitrogens with one attached hydrogen (secondary N) is 1. The van der Waals surface area contributed by atoms with Gasteiger partial charge in [0.25, 0.3) is 5.91 Å². The Bertz CT molecular complexity index is 885. The van der Waals surface area contributed by atoms with Gasteiger partial charge in [-0.15, -0.1) is 0 Å². The van der Waals surface area contributed by atoms with Crippen molar-refractivity contribution in [1.29, 1.82) is 0 Å². The summed E-state index contributed by atoms with van der Waals surface area (Å²) in [7, 11) is 0. The summed E-state index contributed by atoms with van der Waals surface area (Å²) in [5.74, 6) is -0.799. The van der Waals surface area contributed by atoms with Crippen molar-refractivity contribution >= 4 is 46.4 Å². The smallest absolute Gasteiger partial charge is 0.269 e. The van der Waals surface area contributed by atoms with Crippen LogP contribution in [0.4, 0.5) is 11.4 Å². The van der Waals surface area contributed by atoms with Crippen molar-refractivity contribution in [2.24, 2.45) is 16.0 Å². The summed E-state index contributed by atoms with van der Waals surface area (Å²) in [6.45, 7) is 1.82. The van der Waals surface area contributed by atoms with Crippen LogP contribution in [0.1, 0.15) is 17.3 Å². The molecule has 3 N–H and O–H groups in total. The van der Waals surface area contributed by atoms with Crippen molar-refractivity contribution in [1.82, 2.24) is 5.43 Å². The van der Waals surface area contributed by atoms with E-state index in [2.05, 4.69) is 15.7 Å². The van der Waals surface area contributed by atoms with Crippen molar-refractivity contribution < 1.29 is 9.59 Å². The van der Waals surface area contributed by atoms with E-state index in [1.165, 1.54) is 5.01 Å². The van der Waals surface area contributed by atoms with Gasteiger partial charge in [0.15, 0.2) is 6.04 Å². The minimum Gasteiger partial charge on any atom is -0.366 e. The Labute approximate surface area is 159 Å². The van der Waals surface area contributed by atoms with Crippen LogP contribution in [-0.2, 0) is 4.79 Å². The molecule has 1 aliphatic heterocycles. The molecule has 0 bridgehead atoms. The number of rotatable bonds is 4. The fourth-order valence-corrected chi connectivity index (χ4v) is 3.00. The van der Waals surface area contributed by atoms with Gasteiger partial charge in [-0.2, -0.15) is 10.2 Å². The summed E-state index contributed by atoms with van der Waals surface area (Å²) >= 11 is 12.1. The Morgan fingerprint density at radius 1 is 1.19 bits per heavy atom. The number of azo groups is 1. The van der Waals surface area contributed by atoms with Gasteiger partial charge in [-0.05, 0) is 49.4 Å². The fourth-order valence-electron chi connectivity index (χ4n) is 2.51. The largest absolute Gasteiger partial charge is 0.366 e. The predicted octanol–water partition coefficient (Wildman–Crippen LogP) is 3.48. The molecule has 1 saturated heterocycles. The molecule has 2 amide bonds. The normalized spacial score (nSPS) is 20.1. The molecule has 0 unspecified atom stereocenters. The highest BCUT2D eigenvalue weighted by Gasteiger charge is 2.39. The van der Waals surface area contributed by atoms with E-state index in [1.54, 1.807) is 42.5 Å². The van der Waals surface area contributed by atoms with E-state index in [0.29, 0.717) is 27.0 Å². The molecule has 134 valence electrons. The maximum Gasteiger partial charge on any atom is 0.269 e. The quantitative estimate of drug-likeness (QED) is 0.779. The summed E-state index contributed by atoms with van der Waals surface area (Å²) in [5, 5.41) is 10.4. The lowest BCUT2D eigenvalue weighted by Gasteiger charge is -2.17. The van der Waals surface area contributed by atoms with Crippen LogP contribution < -0.4 is 16.2 Å². The van der Waals surface area contributed by atoms with E-state index < -0.39 is 11.9 Å². The summed E-state index contributed by atoms with van der Waals surface area (Å²) < 4.78 is 0. The van der Waals surface area contributed by atoms with Gasteiger partial charge >= 0.3 is 0 Å². The summed E-state index contributed by atoms with van der Waals surface area (Å²) in [6, 6.07) is 10.2. The number of hydrogen-bond donors (Lipinski definition) is 2. The standard InChI is InChI=1S/C17H15Cl2N5O2/c1-9-15(22-21-12-5-2-10(3-6-12)16(20)25)17(26)24(23-9)14-7-4-11(18)8-13(14)19/h2-9,15,23H,1H3,(H2,20,25)/t9-,15-/m0/s1. The molecule has 3 rings (SSSR count). The molecule has 1 fully saturated rings. The third-order valence-corrected chi connectivity index (χ3v) is 4.42. The molecular weight excluding hydrogens is 377 g/mol. The first-order valence-electron chi connectivity index (χ1n) is 7.72. The highest BCUT2D eigenvalue weighted by Crippen LogP contribution is 2.31. The molecule has 1 heterocycles. The third kappa shape index (κ3) is 3.70. The van der Waals surface area contributed by atoms with Gasteiger partial charge in [0.1, 0.15) is 0 Å². The van der Waals surface area contributed by atoms with E-state index in [4.69, 9.17) is 28.9 Å². The molecule has 7 nitrogen and oxygen atoms in total. The van der Waals surface area contributed by atoms with E-state index in [1.807, 2.05) is 6.92 Å². The molecule has 26 heavy (non-hydrogen) atoms. The molecule has 0 saturated carbocycles. The number of carbonyl (C=O) groups excluding carboxylic acids is 2. The van der Waals surface area contributed by atoms with Gasteiger partial charge in [-0.25, -0.2) is 10.4 Å². The number of primary amides is 1. The molecular formula is C17H15Cl2N5O2. The Balaban J connectivity index is 1.78. The van der Waals surface area contributed by atoms with Crippen LogP contribution in [0, 0.1) is 0 Å². The van der Waals surface area contributed by atoms with Crippen molar-refractivity contribution in [3.63, 3.8) is 0 Å². The Hall–Kier alpha value is -2.48. The van der Waals surface area contributed by atoms with Crippen LogP contribution in [-0.4, -0.2) is 23.9 Å². The second-order valence-corrected chi connectivity index (χ2v) is 6.60. The number of amides is 2. The van der Waals surface area contributed by atoms with Crippen LogP contribution in [0.3, 0.4) is 0 Å². The number of benzene rings is 2. The predicted molar refractivity (Wildman–Crippen MR) is 99.8 cm³/mol. The minimum absolute atomic E-state index is 0.275. The molecule has 0 spiro atoms. The number of anilines is 1. The average Bonchev–Trinajstić information content (AvgIpc) is 2.87. The Morgan fingerprint density at radius 3 is 2.50 bits per heavy atom. The van der Waals surface area contributed by atoms with Gasteiger partial charge < -0.3 is 5.73 Å². The maximum atomic E-state index is 12.7. The van der Waals surface area contributed by atoms with Crippen LogP contribution >= 0.6 is 23.2 Å². The summed E-state index contributed by atoms with van der Waals surface area (Å²) in [4.78, 5) is 23.8. The lowest BCUT2D eigenvalue weighted by molar-refractivity contribution is -0.118. The van der Waals surface area contributed by atoms with Crippen LogP contribution in [0.25, 0.3) is 0 Å². The van der Waals surface area contributed by atoms with Crippen molar-refractivity contribution in [2.75, 3.05) is 5.01 Å². The van der Waals surface area contributed by atoms with Gasteiger partial charge in [0.2, 0.25) is 5.91 Å². The highest BCUT2D eigenvalue weighted by atomic mass is 35.5. The zero-order valence-electron chi connectivity index (χ0n) is 13.7. The Morgan fingerprint density at radius 2 is 1.88 bits per heavy atom. The molecule has 0 aliphatic carbocycles. The molecule has 0 radical (unpaired) electrons. The molecule has 2 aromatic carbocycles. The van der Waals surface area contributed by atoms with Gasteiger partial charge in [0, 0.05) is 10.6 Å². The number of halogens is 2. The highest BCUT2D eigenvalue weighted by molar-refractivity contribution is 6.36. The number of nitrogens with two attached hydrogens (primary N) is 1. The van der Waals surface area contributed by atoms with Gasteiger partial charge in [-0.1, -0.05) is 23.2 Å². The fraction of sp³-hybridized carbons (Fsp3) is 0.176. The van der Waals surface area contributed by atoms with E-state index in [-0.39, 0.29) is 11.9 Å². The van der Waals surface area contributed by atoms with Crippen LogP contribution in [0.5, 0.6) is 0 Å². The number of hydrogen-bond acceptors (Lipinski definition) is 5. The van der Waals surface area contributed by atoms with E-state index in [9.17, 15) is 9.59 Å². The number of nitrogens with zero attached hydrogens (tertiary/aromatic N) is 3. The zero-order valence-corrected chi connectivity index (χ0v) is 15.2. The van der Waals surface area contributed by atoms with Crippen molar-refractivity contribution in [3.8, 4) is 0 Å². The van der Waals surface area contributed by atoms with Crippen LogP contribution in [0.2, 0.25) is 10.0 Å². The third-order valence-electron chi connectivity index (χ3n) is 3.88. The SMILES string of the molecule is C[C@@H]1NN(c2ccc(Cl)cc2Cl)C(=O)[C@H]1N=Nc1ccc(C(N)=O)cc1. The van der Waals surface area contributed by atoms with E-state index >= 15 is 0 Å². The monoisotopic (exact) mass is 391 g/mol. The number of hydrazine groups is 1. The molecule has 2 aromatic rings. The lowest BCUT2D eigenvalue weighted by Crippen LogP contribution is -2.36. The summed E-state index contributed by atoms with van der Waals surface area (Å²) in [6.07, 6.45) is 0. The van der Waals surface area contributed by atoms with Crippen LogP contribution in [0.15, 0.2) is 52.7 Å². The number of carbonyl (C=O) groups is 2. The van der Waals surface area contributed by atoms with E-state index in [0.717, 1.165) is 0 Å². The molecule has 9 heteroatoms. The first-order valence-corrected chi connectivity index (χ1v) is 8.48. The van der Waals surface area contributed by atoms with Gasteiger partial charge in [0.05, 0.1) is 22.4 Å². The average molecular weight is 392 g/mol. The topological polar surface area (TPSA) is 100 Å². The maximum absolute atomic E-state index is 12.7. The van der Waals surface area contributed by atoms with Gasteiger partial charge in [-0.3, -0.25) is 9.59 Å². The second kappa shape index (κ2) is 7.41. The molecule has 0 aromatic heterocycles.